The third-order valence-corrected chi connectivity index (χ3v) is 9.84. The van der Waals surface area contributed by atoms with Crippen LogP contribution in [0, 0.1) is 57.2 Å². The van der Waals surface area contributed by atoms with Crippen LogP contribution in [-0.4, -0.2) is 34.5 Å². The average Bonchev–Trinajstić information content (AvgIpc) is 3.05. The number of hydrogen-bond acceptors (Lipinski definition) is 4. The summed E-state index contributed by atoms with van der Waals surface area (Å²) < 4.78 is 36.7. The Labute approximate surface area is 335 Å². The van der Waals surface area contributed by atoms with Gasteiger partial charge in [-0.15, -0.1) is 0 Å². The molecule has 0 radical (unpaired) electrons. The number of carbonyl (C=O) groups is 4. The molecular weight excluding hydrogens is 716 g/mol. The molecule has 1 aliphatic carbocycles. The molecule has 0 heterocycles. The zero-order valence-electron chi connectivity index (χ0n) is 36.6. The van der Waals surface area contributed by atoms with Gasteiger partial charge in [-0.1, -0.05) is 72.6 Å². The van der Waals surface area contributed by atoms with E-state index < -0.39 is 17.9 Å². The lowest BCUT2D eigenvalue weighted by Crippen LogP contribution is -2.35. The van der Waals surface area contributed by atoms with Gasteiger partial charge in [0.05, 0.1) is 18.0 Å². The third-order valence-electron chi connectivity index (χ3n) is 9.84. The molecule has 0 saturated heterocycles. The molecule has 0 spiro atoms. The fourth-order valence-corrected chi connectivity index (χ4v) is 6.69. The molecule has 1 unspecified atom stereocenters. The second-order valence-electron chi connectivity index (χ2n) is 16.0. The van der Waals surface area contributed by atoms with Crippen molar-refractivity contribution in [1.82, 2.24) is 5.32 Å². The monoisotopic (exact) mass is 786 g/mol. The van der Waals surface area contributed by atoms with Crippen molar-refractivity contribution >= 4 is 23.4 Å². The summed E-state index contributed by atoms with van der Waals surface area (Å²) in [5.41, 5.74) is 6.44. The number of aryl methyl sites for hydroxylation is 3. The van der Waals surface area contributed by atoms with Crippen molar-refractivity contribution in [2.75, 3.05) is 0 Å². The van der Waals surface area contributed by atoms with Crippen LogP contribution >= 0.6 is 0 Å². The number of halogens is 3. The zero-order valence-corrected chi connectivity index (χ0v) is 36.6. The summed E-state index contributed by atoms with van der Waals surface area (Å²) in [6.07, 6.45) is 11.3. The molecule has 1 aliphatic rings. The van der Waals surface area contributed by atoms with Crippen LogP contribution in [0.15, 0.2) is 48.1 Å². The second kappa shape index (κ2) is 25.3. The Bertz CT molecular complexity index is 1610. The molecule has 1 saturated carbocycles. The maximum atomic E-state index is 13.8. The van der Waals surface area contributed by atoms with Crippen molar-refractivity contribution in [3.63, 3.8) is 0 Å². The molecule has 2 aromatic carbocycles. The van der Waals surface area contributed by atoms with Gasteiger partial charge in [0.2, 0.25) is 11.8 Å². The first-order chi connectivity index (χ1) is 25.9. The number of benzene rings is 2. The SMILES string of the molecule is C/C=C\C=C(C(C)=O)C(C)=O.CCC(C)(F)F.CCCC1CC(C)C1.Cc1cc(-c2c(C)cc(F)cc2C)cc(C(CC(=O)O)NC(=O)[C@@H](C)CC(C)C)c1C. The molecule has 9 heteroatoms. The van der Waals surface area contributed by atoms with Crippen LogP contribution in [0.5, 0.6) is 0 Å². The minimum absolute atomic E-state index is 0.0625. The van der Waals surface area contributed by atoms with E-state index in [-0.39, 0.29) is 47.6 Å². The molecular formula is C47H70F3NO5. The predicted octanol–water partition coefficient (Wildman–Crippen LogP) is 12.6. The molecule has 2 aromatic rings. The minimum Gasteiger partial charge on any atom is -0.481 e. The fourth-order valence-electron chi connectivity index (χ4n) is 6.69. The van der Waals surface area contributed by atoms with E-state index in [0.29, 0.717) is 5.92 Å². The first-order valence-electron chi connectivity index (χ1n) is 20.0. The van der Waals surface area contributed by atoms with E-state index in [1.807, 2.05) is 53.7 Å². The first-order valence-corrected chi connectivity index (χ1v) is 20.0. The molecule has 3 rings (SSSR count). The third kappa shape index (κ3) is 19.7. The van der Waals surface area contributed by atoms with Gasteiger partial charge in [-0.25, -0.2) is 13.2 Å². The number of allylic oxidation sites excluding steroid dienone is 4. The molecule has 0 aliphatic heterocycles. The highest BCUT2D eigenvalue weighted by atomic mass is 19.3. The number of carboxylic acids is 1. The predicted molar refractivity (Wildman–Crippen MR) is 225 cm³/mol. The van der Waals surface area contributed by atoms with Gasteiger partial charge in [0.25, 0.3) is 0 Å². The molecule has 6 nitrogen and oxygen atoms in total. The van der Waals surface area contributed by atoms with E-state index in [9.17, 15) is 37.5 Å². The molecule has 2 atom stereocenters. The van der Waals surface area contributed by atoms with Gasteiger partial charge >= 0.3 is 5.97 Å². The van der Waals surface area contributed by atoms with Crippen LogP contribution in [0.2, 0.25) is 0 Å². The topological polar surface area (TPSA) is 101 Å². The summed E-state index contributed by atoms with van der Waals surface area (Å²) >= 11 is 0. The van der Waals surface area contributed by atoms with Gasteiger partial charge in [0, 0.05) is 12.3 Å². The number of Topliss-reactive ketones (excluding diaryl/α,β-unsaturated/α-hetero) is 2. The van der Waals surface area contributed by atoms with Gasteiger partial charge < -0.3 is 10.4 Å². The summed E-state index contributed by atoms with van der Waals surface area (Å²) in [5, 5.41) is 12.5. The lowest BCUT2D eigenvalue weighted by molar-refractivity contribution is -0.138. The minimum atomic E-state index is -2.46. The van der Waals surface area contributed by atoms with E-state index >= 15 is 0 Å². The maximum Gasteiger partial charge on any atom is 0.305 e. The number of hydrogen-bond donors (Lipinski definition) is 2. The Morgan fingerprint density at radius 1 is 0.929 bits per heavy atom. The number of rotatable bonds is 14. The maximum absolute atomic E-state index is 13.8. The Kier molecular flexibility index (Phi) is 23.5. The largest absolute Gasteiger partial charge is 0.481 e. The highest BCUT2D eigenvalue weighted by molar-refractivity contribution is 6.18. The molecule has 0 bridgehead atoms. The smallest absolute Gasteiger partial charge is 0.305 e. The van der Waals surface area contributed by atoms with Crippen molar-refractivity contribution in [1.29, 1.82) is 0 Å². The normalized spacial score (nSPS) is 15.8. The first kappa shape index (κ1) is 52.0. The van der Waals surface area contributed by atoms with Crippen LogP contribution < -0.4 is 5.32 Å². The van der Waals surface area contributed by atoms with Crippen LogP contribution in [0.1, 0.15) is 148 Å². The second-order valence-corrected chi connectivity index (χ2v) is 16.0. The van der Waals surface area contributed by atoms with Crippen LogP contribution in [-0.2, 0) is 19.2 Å². The molecule has 56 heavy (non-hydrogen) atoms. The van der Waals surface area contributed by atoms with Gasteiger partial charge in [0.15, 0.2) is 11.6 Å². The molecule has 314 valence electrons. The van der Waals surface area contributed by atoms with Crippen LogP contribution in [0.3, 0.4) is 0 Å². The Balaban J connectivity index is 0.000000973. The van der Waals surface area contributed by atoms with E-state index in [1.54, 1.807) is 12.2 Å². The molecule has 0 aromatic heterocycles. The van der Waals surface area contributed by atoms with E-state index in [2.05, 4.69) is 33.0 Å². The summed E-state index contributed by atoms with van der Waals surface area (Å²) in [6, 6.07) is 6.34. The Morgan fingerprint density at radius 3 is 1.84 bits per heavy atom. The summed E-state index contributed by atoms with van der Waals surface area (Å²) in [6.45, 7) is 25.2. The quantitative estimate of drug-likeness (QED) is 0.0860. The van der Waals surface area contributed by atoms with Gasteiger partial charge in [0.1, 0.15) is 5.82 Å². The number of carboxylic acid groups (broad SMARTS) is 1. The number of nitrogens with one attached hydrogen (secondary N) is 1. The summed E-state index contributed by atoms with van der Waals surface area (Å²) in [7, 11) is 0. The van der Waals surface area contributed by atoms with E-state index in [0.717, 1.165) is 64.1 Å². The highest BCUT2D eigenvalue weighted by Crippen LogP contribution is 2.36. The van der Waals surface area contributed by atoms with Crippen molar-refractivity contribution < 1.29 is 37.5 Å². The standard InChI is InChI=1S/C26H34FNO3.C9H12O2.C8H16.C4H8F2/c1-14(2)8-18(6)26(31)28-23(13-24(29)30)22-12-20(9-15(3)19(22)7)25-16(4)10-21(27)11-17(25)5;1-4-5-6-9(7(2)10)8(3)11;1-3-4-8-5-7(2)6-8;1-3-4(2,5)6/h9-12,14,18,23H,8,13H2,1-7H3,(H,28,31)(H,29,30);4-6H,1-3H3;7-8H,3-6H2,1-2H3;3H2,1-2H3/b;5-4-;;/t18-,23?;;;/m0.../s1. The van der Waals surface area contributed by atoms with Crippen molar-refractivity contribution in [3.8, 4) is 11.1 Å². The number of amides is 1. The summed E-state index contributed by atoms with van der Waals surface area (Å²) in [4.78, 5) is 45.9. The van der Waals surface area contributed by atoms with Gasteiger partial charge in [-0.2, -0.15) is 0 Å². The average molecular weight is 786 g/mol. The summed E-state index contributed by atoms with van der Waals surface area (Å²) in [5.74, 6) is -1.90. The lowest BCUT2D eigenvalue weighted by atomic mass is 9.74. The van der Waals surface area contributed by atoms with Crippen molar-refractivity contribution in [3.05, 3.63) is 81.7 Å². The van der Waals surface area contributed by atoms with Crippen molar-refractivity contribution in [2.45, 2.75) is 154 Å². The number of carbonyl (C=O) groups excluding carboxylic acids is 3. The Morgan fingerprint density at radius 2 is 1.45 bits per heavy atom. The molecule has 1 amide bonds. The number of ketones is 2. The molecule has 2 N–H and O–H groups in total. The van der Waals surface area contributed by atoms with Gasteiger partial charge in [-0.3, -0.25) is 19.2 Å². The van der Waals surface area contributed by atoms with Crippen LogP contribution in [0.25, 0.3) is 11.1 Å². The Hall–Kier alpha value is -4.01. The van der Waals surface area contributed by atoms with Gasteiger partial charge in [-0.05, 0) is 156 Å². The van der Waals surface area contributed by atoms with E-state index in [4.69, 9.17) is 0 Å². The van der Waals surface area contributed by atoms with E-state index in [1.165, 1.54) is 64.7 Å². The number of aliphatic carboxylic acids is 1. The highest BCUT2D eigenvalue weighted by Gasteiger charge is 2.25. The van der Waals surface area contributed by atoms with Crippen molar-refractivity contribution in [2.24, 2.45) is 23.7 Å². The van der Waals surface area contributed by atoms with Crippen LogP contribution in [0.4, 0.5) is 13.2 Å². The molecule has 1 fully saturated rings. The zero-order chi connectivity index (χ0) is 43.5. The lowest BCUT2D eigenvalue weighted by Gasteiger charge is -2.32. The fraction of sp³-hybridized carbons (Fsp3) is 0.574. The number of alkyl halides is 2.